The Morgan fingerprint density at radius 2 is 1.80 bits per heavy atom. The van der Waals surface area contributed by atoms with Crippen LogP contribution in [0.3, 0.4) is 0 Å². The second-order valence-electron chi connectivity index (χ2n) is 5.03. The van der Waals surface area contributed by atoms with E-state index in [2.05, 4.69) is 0 Å². The summed E-state index contributed by atoms with van der Waals surface area (Å²) in [5.41, 5.74) is 0.615. The minimum absolute atomic E-state index is 0.000796. The van der Waals surface area contributed by atoms with Crippen molar-refractivity contribution in [2.45, 2.75) is 26.9 Å². The van der Waals surface area contributed by atoms with Gasteiger partial charge < -0.3 is 9.64 Å². The van der Waals surface area contributed by atoms with Crippen LogP contribution in [-0.2, 0) is 9.59 Å². The molecular weight excluding hydrogens is 256 g/mol. The zero-order valence-corrected chi connectivity index (χ0v) is 12.7. The van der Waals surface area contributed by atoms with Gasteiger partial charge in [0.2, 0.25) is 11.8 Å². The lowest BCUT2D eigenvalue weighted by atomic mass is 10.2. The Labute approximate surface area is 120 Å². The molecule has 0 saturated heterocycles. The summed E-state index contributed by atoms with van der Waals surface area (Å²) in [6, 6.07) is 7.24. The van der Waals surface area contributed by atoms with Gasteiger partial charge in [-0.2, -0.15) is 0 Å². The summed E-state index contributed by atoms with van der Waals surface area (Å²) in [7, 11) is 3.33. The Morgan fingerprint density at radius 1 is 1.20 bits per heavy atom. The van der Waals surface area contributed by atoms with Gasteiger partial charge in [-0.1, -0.05) is 12.1 Å². The van der Waals surface area contributed by atoms with Gasteiger partial charge >= 0.3 is 0 Å². The summed E-state index contributed by atoms with van der Waals surface area (Å²) in [6.45, 7) is 5.27. The van der Waals surface area contributed by atoms with Gasteiger partial charge in [0.15, 0.2) is 0 Å². The van der Waals surface area contributed by atoms with Crippen LogP contribution in [0, 0.1) is 0 Å². The van der Waals surface area contributed by atoms with Gasteiger partial charge in [0.1, 0.15) is 12.3 Å². The number of amides is 2. The van der Waals surface area contributed by atoms with Crippen LogP contribution < -0.4 is 9.64 Å². The second-order valence-corrected chi connectivity index (χ2v) is 5.03. The number of carbonyl (C=O) groups is 2. The minimum Gasteiger partial charge on any atom is -0.489 e. The molecule has 0 aliphatic heterocycles. The molecule has 1 aromatic carbocycles. The highest BCUT2D eigenvalue weighted by atomic mass is 16.5. The summed E-state index contributed by atoms with van der Waals surface area (Å²) in [4.78, 5) is 26.6. The monoisotopic (exact) mass is 278 g/mol. The Balaban J connectivity index is 3.09. The molecule has 0 atom stereocenters. The van der Waals surface area contributed by atoms with Crippen LogP contribution in [-0.4, -0.2) is 43.5 Å². The van der Waals surface area contributed by atoms with Crippen LogP contribution in [0.1, 0.15) is 20.8 Å². The zero-order chi connectivity index (χ0) is 15.3. The van der Waals surface area contributed by atoms with Crippen molar-refractivity contribution in [2.75, 3.05) is 25.5 Å². The number of carbonyl (C=O) groups excluding carboxylic acids is 2. The van der Waals surface area contributed by atoms with Crippen molar-refractivity contribution in [1.82, 2.24) is 4.90 Å². The first-order valence-corrected chi connectivity index (χ1v) is 6.57. The van der Waals surface area contributed by atoms with E-state index in [1.807, 2.05) is 26.0 Å². The largest absolute Gasteiger partial charge is 0.489 e. The van der Waals surface area contributed by atoms with E-state index in [4.69, 9.17) is 4.74 Å². The predicted octanol–water partition coefficient (Wildman–Crippen LogP) is 1.91. The number of benzene rings is 1. The van der Waals surface area contributed by atoms with Crippen molar-refractivity contribution in [3.8, 4) is 5.75 Å². The first-order chi connectivity index (χ1) is 9.32. The maximum absolute atomic E-state index is 11.9. The fourth-order valence-corrected chi connectivity index (χ4v) is 1.68. The lowest BCUT2D eigenvalue weighted by molar-refractivity contribution is -0.129. The maximum Gasteiger partial charge on any atom is 0.242 e. The lowest BCUT2D eigenvalue weighted by Gasteiger charge is -2.25. The number of nitrogens with zero attached hydrogens (tertiary/aromatic N) is 2. The van der Waals surface area contributed by atoms with Gasteiger partial charge in [0, 0.05) is 21.0 Å². The maximum atomic E-state index is 11.9. The third kappa shape index (κ3) is 4.26. The molecular formula is C15H22N2O3. The molecule has 0 saturated carbocycles. The van der Waals surface area contributed by atoms with E-state index in [1.165, 1.54) is 16.7 Å². The number of hydrogen-bond donors (Lipinski definition) is 0. The molecule has 20 heavy (non-hydrogen) atoms. The number of likely N-dealkylation sites (N-methyl/N-ethyl adjacent to an activating group) is 1. The molecule has 2 amide bonds. The van der Waals surface area contributed by atoms with E-state index in [0.29, 0.717) is 11.4 Å². The summed E-state index contributed by atoms with van der Waals surface area (Å²) < 4.78 is 5.70. The highest BCUT2D eigenvalue weighted by Gasteiger charge is 2.20. The SMILES string of the molecule is CC(=O)N(CC(=O)N(C)C)c1ccccc1OC(C)C. The molecule has 0 aromatic heterocycles. The highest BCUT2D eigenvalue weighted by molar-refractivity contribution is 5.98. The molecule has 0 aliphatic carbocycles. The average Bonchev–Trinajstić information content (AvgIpc) is 2.35. The van der Waals surface area contributed by atoms with E-state index >= 15 is 0 Å². The van der Waals surface area contributed by atoms with E-state index in [0.717, 1.165) is 0 Å². The molecule has 5 nitrogen and oxygen atoms in total. The molecule has 0 fully saturated rings. The Bertz CT molecular complexity index is 484. The molecule has 0 radical (unpaired) electrons. The minimum atomic E-state index is -0.194. The highest BCUT2D eigenvalue weighted by Crippen LogP contribution is 2.29. The summed E-state index contributed by atoms with van der Waals surface area (Å²) >= 11 is 0. The van der Waals surface area contributed by atoms with E-state index in [-0.39, 0.29) is 24.5 Å². The Morgan fingerprint density at radius 3 is 2.30 bits per heavy atom. The number of ether oxygens (including phenoxy) is 1. The molecule has 0 aliphatic rings. The van der Waals surface area contributed by atoms with Gasteiger partial charge in [0.05, 0.1) is 11.8 Å². The van der Waals surface area contributed by atoms with E-state index < -0.39 is 0 Å². The molecule has 1 rings (SSSR count). The van der Waals surface area contributed by atoms with Crippen molar-refractivity contribution in [2.24, 2.45) is 0 Å². The third-order valence-corrected chi connectivity index (χ3v) is 2.69. The van der Waals surface area contributed by atoms with Crippen molar-refractivity contribution < 1.29 is 14.3 Å². The van der Waals surface area contributed by atoms with Gasteiger partial charge in [-0.15, -0.1) is 0 Å². The Kier molecular flexibility index (Phi) is 5.55. The normalized spacial score (nSPS) is 10.3. The average molecular weight is 278 g/mol. The standard InChI is InChI=1S/C15H22N2O3/c1-11(2)20-14-9-7-6-8-13(14)17(12(3)18)10-15(19)16(4)5/h6-9,11H,10H2,1-5H3. The van der Waals surface area contributed by atoms with Crippen LogP contribution in [0.2, 0.25) is 0 Å². The van der Waals surface area contributed by atoms with Gasteiger partial charge in [-0.3, -0.25) is 14.5 Å². The van der Waals surface area contributed by atoms with Crippen LogP contribution in [0.15, 0.2) is 24.3 Å². The first kappa shape index (κ1) is 16.0. The molecule has 0 heterocycles. The van der Waals surface area contributed by atoms with Crippen LogP contribution in [0.4, 0.5) is 5.69 Å². The molecule has 1 aromatic rings. The smallest absolute Gasteiger partial charge is 0.242 e. The predicted molar refractivity (Wildman–Crippen MR) is 78.9 cm³/mol. The molecule has 0 bridgehead atoms. The van der Waals surface area contributed by atoms with Crippen molar-refractivity contribution in [1.29, 1.82) is 0 Å². The van der Waals surface area contributed by atoms with Crippen LogP contribution in [0.5, 0.6) is 5.75 Å². The van der Waals surface area contributed by atoms with Crippen molar-refractivity contribution in [3.05, 3.63) is 24.3 Å². The van der Waals surface area contributed by atoms with Gasteiger partial charge in [0.25, 0.3) is 0 Å². The quantitative estimate of drug-likeness (QED) is 0.826. The lowest BCUT2D eigenvalue weighted by Crippen LogP contribution is -2.39. The summed E-state index contributed by atoms with van der Waals surface area (Å²) in [5, 5.41) is 0. The molecule has 110 valence electrons. The number of hydrogen-bond acceptors (Lipinski definition) is 3. The fourth-order valence-electron chi connectivity index (χ4n) is 1.68. The molecule has 0 N–H and O–H groups in total. The fraction of sp³-hybridized carbons (Fsp3) is 0.467. The van der Waals surface area contributed by atoms with Gasteiger partial charge in [-0.05, 0) is 26.0 Å². The van der Waals surface area contributed by atoms with E-state index in [9.17, 15) is 9.59 Å². The third-order valence-electron chi connectivity index (χ3n) is 2.69. The molecule has 0 unspecified atom stereocenters. The molecule has 0 spiro atoms. The Hall–Kier alpha value is -2.04. The first-order valence-electron chi connectivity index (χ1n) is 6.57. The number of anilines is 1. The van der Waals surface area contributed by atoms with Crippen molar-refractivity contribution in [3.63, 3.8) is 0 Å². The zero-order valence-electron chi connectivity index (χ0n) is 12.7. The number of para-hydroxylation sites is 2. The second kappa shape index (κ2) is 6.93. The summed E-state index contributed by atoms with van der Waals surface area (Å²) in [6.07, 6.45) is -0.00508. The summed E-state index contributed by atoms with van der Waals surface area (Å²) in [5.74, 6) is 0.267. The van der Waals surface area contributed by atoms with Crippen LogP contribution in [0.25, 0.3) is 0 Å². The molecule has 5 heteroatoms. The van der Waals surface area contributed by atoms with Crippen LogP contribution >= 0.6 is 0 Å². The van der Waals surface area contributed by atoms with Crippen molar-refractivity contribution >= 4 is 17.5 Å². The van der Waals surface area contributed by atoms with E-state index in [1.54, 1.807) is 26.2 Å². The topological polar surface area (TPSA) is 49.9 Å². The van der Waals surface area contributed by atoms with Gasteiger partial charge in [-0.25, -0.2) is 0 Å². The number of rotatable bonds is 5.